The van der Waals surface area contributed by atoms with E-state index in [1.165, 1.54) is 18.4 Å². The van der Waals surface area contributed by atoms with Crippen molar-refractivity contribution >= 4 is 23.2 Å². The van der Waals surface area contributed by atoms with E-state index >= 15 is 0 Å². The van der Waals surface area contributed by atoms with Gasteiger partial charge in [0.25, 0.3) is 0 Å². The molecule has 82 valence electrons. The first kappa shape index (κ1) is 11.3. The fourth-order valence-corrected chi connectivity index (χ4v) is 1.87. The Balaban J connectivity index is 1.97. The van der Waals surface area contributed by atoms with Crippen LogP contribution in [-0.2, 0) is 0 Å². The first-order valence-electron chi connectivity index (χ1n) is 5.35. The van der Waals surface area contributed by atoms with Crippen LogP contribution in [0.1, 0.15) is 31.2 Å². The fraction of sp³-hybridized carbons (Fsp3) is 0.500. The van der Waals surface area contributed by atoms with E-state index in [4.69, 9.17) is 23.2 Å². The van der Waals surface area contributed by atoms with Gasteiger partial charge in [0.1, 0.15) is 0 Å². The van der Waals surface area contributed by atoms with E-state index in [0.29, 0.717) is 16.0 Å². The molecule has 0 bridgehead atoms. The Morgan fingerprint density at radius 3 is 2.67 bits per heavy atom. The number of halogens is 2. The molecule has 1 nitrogen and oxygen atoms in total. The molecule has 1 N–H and O–H groups in total. The Hall–Kier alpha value is -0.240. The van der Waals surface area contributed by atoms with Crippen LogP contribution in [0.2, 0.25) is 10.0 Å². The van der Waals surface area contributed by atoms with Crippen LogP contribution in [0.4, 0.5) is 0 Å². The summed E-state index contributed by atoms with van der Waals surface area (Å²) >= 11 is 11.9. The molecule has 15 heavy (non-hydrogen) atoms. The van der Waals surface area contributed by atoms with Crippen LogP contribution in [0.5, 0.6) is 0 Å². The van der Waals surface area contributed by atoms with Gasteiger partial charge in [-0.3, -0.25) is 0 Å². The second-order valence-electron chi connectivity index (χ2n) is 4.26. The molecular weight excluding hydrogens is 229 g/mol. The molecule has 1 aromatic rings. The van der Waals surface area contributed by atoms with Gasteiger partial charge in [-0.15, -0.1) is 0 Å². The molecule has 1 aliphatic carbocycles. The average molecular weight is 244 g/mol. The minimum Gasteiger partial charge on any atom is -0.313 e. The first-order chi connectivity index (χ1) is 7.16. The monoisotopic (exact) mass is 243 g/mol. The summed E-state index contributed by atoms with van der Waals surface area (Å²) in [5, 5.41) is 4.79. The van der Waals surface area contributed by atoms with Crippen LogP contribution in [-0.4, -0.2) is 12.6 Å². The minimum atomic E-state index is 0.486. The summed E-state index contributed by atoms with van der Waals surface area (Å²) in [5.41, 5.74) is 1.25. The van der Waals surface area contributed by atoms with E-state index in [2.05, 4.69) is 12.2 Å². The van der Waals surface area contributed by atoms with Crippen molar-refractivity contribution in [1.82, 2.24) is 5.32 Å². The molecule has 0 amide bonds. The molecule has 1 saturated carbocycles. The zero-order valence-electron chi connectivity index (χ0n) is 8.76. The predicted molar refractivity (Wildman–Crippen MR) is 65.9 cm³/mol. The van der Waals surface area contributed by atoms with Gasteiger partial charge in [-0.1, -0.05) is 36.2 Å². The van der Waals surface area contributed by atoms with E-state index in [0.717, 1.165) is 12.6 Å². The maximum atomic E-state index is 5.98. The molecule has 0 aromatic heterocycles. The maximum absolute atomic E-state index is 5.98. The largest absolute Gasteiger partial charge is 0.313 e. The molecule has 1 aliphatic rings. The highest BCUT2D eigenvalue weighted by atomic mass is 35.5. The Morgan fingerprint density at radius 2 is 2.07 bits per heavy atom. The summed E-state index contributed by atoms with van der Waals surface area (Å²) in [7, 11) is 0. The summed E-state index contributed by atoms with van der Waals surface area (Å²) in [6.45, 7) is 3.22. The molecule has 3 heteroatoms. The fourth-order valence-electron chi connectivity index (χ4n) is 1.57. The number of hydrogen-bond donors (Lipinski definition) is 1. The van der Waals surface area contributed by atoms with Crippen molar-refractivity contribution in [2.75, 3.05) is 6.54 Å². The molecule has 1 atom stereocenters. The van der Waals surface area contributed by atoms with Crippen molar-refractivity contribution in [3.05, 3.63) is 33.8 Å². The average Bonchev–Trinajstić information content (AvgIpc) is 3.02. The van der Waals surface area contributed by atoms with Crippen LogP contribution in [0.3, 0.4) is 0 Å². The molecule has 0 spiro atoms. The standard InChI is InChI=1S/C12H15Cl2N/c1-8(7-15-10-3-4-10)9-2-5-11(13)12(14)6-9/h2,5-6,8,10,15H,3-4,7H2,1H3. The maximum Gasteiger partial charge on any atom is 0.0595 e. The molecular formula is C12H15Cl2N. The minimum absolute atomic E-state index is 0.486. The van der Waals surface area contributed by atoms with Crippen LogP contribution in [0.25, 0.3) is 0 Å². The number of hydrogen-bond acceptors (Lipinski definition) is 1. The third kappa shape index (κ3) is 3.10. The van der Waals surface area contributed by atoms with Crippen LogP contribution >= 0.6 is 23.2 Å². The Bertz CT molecular complexity index is 347. The summed E-state index contributed by atoms with van der Waals surface area (Å²) < 4.78 is 0. The smallest absolute Gasteiger partial charge is 0.0595 e. The third-order valence-electron chi connectivity index (χ3n) is 2.80. The van der Waals surface area contributed by atoms with Crippen LogP contribution < -0.4 is 5.32 Å². The Morgan fingerprint density at radius 1 is 1.33 bits per heavy atom. The number of benzene rings is 1. The lowest BCUT2D eigenvalue weighted by atomic mass is 10.0. The van der Waals surface area contributed by atoms with Gasteiger partial charge in [0.05, 0.1) is 10.0 Å². The molecule has 0 heterocycles. The zero-order valence-corrected chi connectivity index (χ0v) is 10.3. The summed E-state index contributed by atoms with van der Waals surface area (Å²) in [6.07, 6.45) is 2.65. The van der Waals surface area contributed by atoms with Gasteiger partial charge < -0.3 is 5.32 Å². The van der Waals surface area contributed by atoms with Crippen molar-refractivity contribution in [3.63, 3.8) is 0 Å². The lowest BCUT2D eigenvalue weighted by Gasteiger charge is -2.13. The van der Waals surface area contributed by atoms with Gasteiger partial charge >= 0.3 is 0 Å². The summed E-state index contributed by atoms with van der Waals surface area (Å²) in [6, 6.07) is 6.64. The van der Waals surface area contributed by atoms with Gasteiger partial charge in [0.15, 0.2) is 0 Å². The first-order valence-corrected chi connectivity index (χ1v) is 6.10. The normalized spacial score (nSPS) is 17.8. The van der Waals surface area contributed by atoms with E-state index in [1.807, 2.05) is 18.2 Å². The predicted octanol–water partition coefficient (Wildman–Crippen LogP) is 3.85. The van der Waals surface area contributed by atoms with Crippen molar-refractivity contribution in [2.45, 2.75) is 31.7 Å². The molecule has 0 aliphatic heterocycles. The third-order valence-corrected chi connectivity index (χ3v) is 3.54. The summed E-state index contributed by atoms with van der Waals surface area (Å²) in [4.78, 5) is 0. The van der Waals surface area contributed by atoms with Crippen molar-refractivity contribution in [3.8, 4) is 0 Å². The van der Waals surface area contributed by atoms with Gasteiger partial charge in [-0.05, 0) is 36.5 Å². The van der Waals surface area contributed by atoms with Gasteiger partial charge in [0, 0.05) is 12.6 Å². The SMILES string of the molecule is CC(CNC1CC1)c1ccc(Cl)c(Cl)c1. The van der Waals surface area contributed by atoms with Gasteiger partial charge in [-0.25, -0.2) is 0 Å². The van der Waals surface area contributed by atoms with Gasteiger partial charge in [-0.2, -0.15) is 0 Å². The molecule has 0 radical (unpaired) electrons. The van der Waals surface area contributed by atoms with E-state index in [1.54, 1.807) is 0 Å². The van der Waals surface area contributed by atoms with E-state index in [-0.39, 0.29) is 0 Å². The van der Waals surface area contributed by atoms with E-state index < -0.39 is 0 Å². The van der Waals surface area contributed by atoms with Crippen molar-refractivity contribution in [2.24, 2.45) is 0 Å². The molecule has 1 unspecified atom stereocenters. The highest BCUT2D eigenvalue weighted by Crippen LogP contribution is 2.27. The quantitative estimate of drug-likeness (QED) is 0.848. The highest BCUT2D eigenvalue weighted by Gasteiger charge is 2.21. The second kappa shape index (κ2) is 4.73. The summed E-state index contributed by atoms with van der Waals surface area (Å²) in [5.74, 6) is 0.486. The number of nitrogens with one attached hydrogen (secondary N) is 1. The topological polar surface area (TPSA) is 12.0 Å². The number of rotatable bonds is 4. The lowest BCUT2D eigenvalue weighted by molar-refractivity contribution is 0.612. The molecule has 1 fully saturated rings. The van der Waals surface area contributed by atoms with Crippen LogP contribution in [0.15, 0.2) is 18.2 Å². The Kier molecular flexibility index (Phi) is 3.55. The zero-order chi connectivity index (χ0) is 10.8. The molecule has 2 rings (SSSR count). The van der Waals surface area contributed by atoms with E-state index in [9.17, 15) is 0 Å². The highest BCUT2D eigenvalue weighted by molar-refractivity contribution is 6.42. The van der Waals surface area contributed by atoms with Crippen molar-refractivity contribution in [1.29, 1.82) is 0 Å². The second-order valence-corrected chi connectivity index (χ2v) is 5.07. The molecule has 1 aromatic carbocycles. The molecule has 0 saturated heterocycles. The van der Waals surface area contributed by atoms with Gasteiger partial charge in [0.2, 0.25) is 0 Å². The lowest BCUT2D eigenvalue weighted by Crippen LogP contribution is -2.21. The Labute approximate surface area is 101 Å². The van der Waals surface area contributed by atoms with Crippen molar-refractivity contribution < 1.29 is 0 Å². The van der Waals surface area contributed by atoms with Crippen LogP contribution in [0, 0.1) is 0 Å².